The Bertz CT molecular complexity index is 383. The van der Waals surface area contributed by atoms with E-state index in [0.29, 0.717) is 28.9 Å². The Morgan fingerprint density at radius 2 is 2.24 bits per heavy atom. The summed E-state index contributed by atoms with van der Waals surface area (Å²) in [5.41, 5.74) is 0.647. The Labute approximate surface area is 111 Å². The normalized spacial score (nSPS) is 10.1. The minimum atomic E-state index is -0.127. The van der Waals surface area contributed by atoms with Gasteiger partial charge in [-0.25, -0.2) is 0 Å². The Morgan fingerprint density at radius 3 is 2.82 bits per heavy atom. The van der Waals surface area contributed by atoms with Gasteiger partial charge in [-0.3, -0.25) is 4.79 Å². The van der Waals surface area contributed by atoms with Crippen molar-refractivity contribution in [3.8, 4) is 5.75 Å². The van der Waals surface area contributed by atoms with Crippen molar-refractivity contribution >= 4 is 34.8 Å². The molecule has 0 atom stereocenters. The van der Waals surface area contributed by atoms with Crippen LogP contribution in [0.4, 0.5) is 5.69 Å². The van der Waals surface area contributed by atoms with Gasteiger partial charge in [0.1, 0.15) is 5.75 Å². The van der Waals surface area contributed by atoms with Gasteiger partial charge in [0, 0.05) is 18.0 Å². The molecule has 0 fully saturated rings. The van der Waals surface area contributed by atoms with E-state index >= 15 is 0 Å². The maximum Gasteiger partial charge on any atom is 0.225 e. The van der Waals surface area contributed by atoms with Gasteiger partial charge >= 0.3 is 0 Å². The molecule has 1 amide bonds. The van der Waals surface area contributed by atoms with Gasteiger partial charge in [0.05, 0.1) is 11.6 Å². The Balaban J connectivity index is 2.64. The zero-order chi connectivity index (χ0) is 12.7. The lowest BCUT2D eigenvalue weighted by Crippen LogP contribution is -2.11. The average Bonchev–Trinajstić information content (AvgIpc) is 2.28. The third kappa shape index (κ3) is 4.84. The van der Waals surface area contributed by atoms with Gasteiger partial charge in [-0.2, -0.15) is 0 Å². The van der Waals surface area contributed by atoms with Crippen LogP contribution in [0.3, 0.4) is 0 Å². The summed E-state index contributed by atoms with van der Waals surface area (Å²) in [4.78, 5) is 11.3. The molecule has 1 N–H and O–H groups in total. The molecule has 94 valence electrons. The number of halogens is 2. The lowest BCUT2D eigenvalue weighted by Gasteiger charge is -2.09. The van der Waals surface area contributed by atoms with Crippen molar-refractivity contribution in [3.63, 3.8) is 0 Å². The molecule has 17 heavy (non-hydrogen) atoms. The molecule has 5 heteroatoms. The maximum absolute atomic E-state index is 11.3. The van der Waals surface area contributed by atoms with Crippen LogP contribution in [0.5, 0.6) is 5.75 Å². The van der Waals surface area contributed by atoms with Crippen LogP contribution in [0.2, 0.25) is 5.02 Å². The quantitative estimate of drug-likeness (QED) is 0.804. The number of nitrogens with one attached hydrogen (secondary N) is 1. The summed E-state index contributed by atoms with van der Waals surface area (Å²) < 4.78 is 5.43. The first-order valence-electron chi connectivity index (χ1n) is 5.45. The second-order valence-electron chi connectivity index (χ2n) is 3.48. The number of hydrogen-bond donors (Lipinski definition) is 1. The van der Waals surface area contributed by atoms with Crippen LogP contribution in [0.1, 0.15) is 19.8 Å². The van der Waals surface area contributed by atoms with Crippen LogP contribution < -0.4 is 10.1 Å². The van der Waals surface area contributed by atoms with E-state index in [9.17, 15) is 4.79 Å². The highest BCUT2D eigenvalue weighted by molar-refractivity contribution is 6.32. The summed E-state index contributed by atoms with van der Waals surface area (Å²) in [6, 6.07) is 5.16. The average molecular weight is 276 g/mol. The molecule has 0 bridgehead atoms. The first kappa shape index (κ1) is 14.1. The monoisotopic (exact) mass is 275 g/mol. The number of anilines is 1. The molecule has 0 aromatic heterocycles. The second-order valence-corrected chi connectivity index (χ2v) is 4.27. The highest BCUT2D eigenvalue weighted by Gasteiger charge is 2.05. The van der Waals surface area contributed by atoms with Crippen LogP contribution in [0, 0.1) is 0 Å². The Morgan fingerprint density at radius 1 is 1.47 bits per heavy atom. The van der Waals surface area contributed by atoms with Crippen molar-refractivity contribution in [2.45, 2.75) is 19.8 Å². The lowest BCUT2D eigenvalue weighted by molar-refractivity contribution is -0.115. The van der Waals surface area contributed by atoms with E-state index in [0.717, 1.165) is 6.42 Å². The van der Waals surface area contributed by atoms with Gasteiger partial charge in [-0.05, 0) is 24.6 Å². The van der Waals surface area contributed by atoms with Crippen molar-refractivity contribution in [1.82, 2.24) is 0 Å². The van der Waals surface area contributed by atoms with Gasteiger partial charge in [-0.1, -0.05) is 18.5 Å². The Hall–Kier alpha value is -0.930. The molecular weight excluding hydrogens is 261 g/mol. The first-order valence-corrected chi connectivity index (χ1v) is 6.36. The summed E-state index contributed by atoms with van der Waals surface area (Å²) in [6.45, 7) is 2.65. The maximum atomic E-state index is 11.3. The van der Waals surface area contributed by atoms with Crippen LogP contribution in [0.25, 0.3) is 0 Å². The molecule has 1 rings (SSSR count). The minimum Gasteiger partial charge on any atom is -0.492 e. The fourth-order valence-corrected chi connectivity index (χ4v) is 1.62. The summed E-state index contributed by atoms with van der Waals surface area (Å²) in [7, 11) is 0. The molecule has 0 saturated heterocycles. The van der Waals surface area contributed by atoms with Crippen LogP contribution >= 0.6 is 23.2 Å². The molecule has 1 aromatic rings. The minimum absolute atomic E-state index is 0.127. The number of benzene rings is 1. The van der Waals surface area contributed by atoms with Crippen LogP contribution in [0.15, 0.2) is 18.2 Å². The summed E-state index contributed by atoms with van der Waals surface area (Å²) >= 11 is 11.5. The molecule has 0 radical (unpaired) electrons. The van der Waals surface area contributed by atoms with Gasteiger partial charge in [0.25, 0.3) is 0 Å². The van der Waals surface area contributed by atoms with E-state index in [1.165, 1.54) is 0 Å². The van der Waals surface area contributed by atoms with Gasteiger partial charge in [-0.15, -0.1) is 11.6 Å². The highest BCUT2D eigenvalue weighted by Crippen LogP contribution is 2.27. The zero-order valence-electron chi connectivity index (χ0n) is 9.63. The third-order valence-electron chi connectivity index (χ3n) is 2.00. The topological polar surface area (TPSA) is 38.3 Å². The molecule has 0 saturated carbocycles. The predicted octanol–water partition coefficient (Wildman–Crippen LogP) is 3.70. The molecule has 1 aromatic carbocycles. The van der Waals surface area contributed by atoms with Crippen molar-refractivity contribution in [1.29, 1.82) is 0 Å². The van der Waals surface area contributed by atoms with Crippen molar-refractivity contribution in [2.75, 3.05) is 17.8 Å². The largest absolute Gasteiger partial charge is 0.492 e. The molecular formula is C12H15Cl2NO2. The van der Waals surface area contributed by atoms with E-state index in [4.69, 9.17) is 27.9 Å². The van der Waals surface area contributed by atoms with E-state index in [2.05, 4.69) is 5.32 Å². The lowest BCUT2D eigenvalue weighted by atomic mass is 10.3. The third-order valence-corrected chi connectivity index (χ3v) is 2.48. The summed E-state index contributed by atoms with van der Waals surface area (Å²) in [6.07, 6.45) is 1.21. The number of rotatable bonds is 6. The van der Waals surface area contributed by atoms with E-state index in [1.54, 1.807) is 18.2 Å². The Kier molecular flexibility index (Phi) is 6.16. The molecule has 0 unspecified atom stereocenters. The van der Waals surface area contributed by atoms with Crippen molar-refractivity contribution < 1.29 is 9.53 Å². The standard InChI is InChI=1S/C12H15Cl2NO2/c1-2-7-17-11-4-3-9(8-10(11)14)15-12(16)5-6-13/h3-4,8H,2,5-7H2,1H3,(H,15,16). The molecule has 0 heterocycles. The summed E-state index contributed by atoms with van der Waals surface area (Å²) in [5.74, 6) is 0.805. The molecule has 3 nitrogen and oxygen atoms in total. The molecule has 0 spiro atoms. The number of hydrogen-bond acceptors (Lipinski definition) is 2. The van der Waals surface area contributed by atoms with Crippen LogP contribution in [-0.4, -0.2) is 18.4 Å². The molecule has 0 aliphatic heterocycles. The number of carbonyl (C=O) groups excluding carboxylic acids is 1. The van der Waals surface area contributed by atoms with Crippen molar-refractivity contribution in [2.24, 2.45) is 0 Å². The van der Waals surface area contributed by atoms with Gasteiger partial charge < -0.3 is 10.1 Å². The SMILES string of the molecule is CCCOc1ccc(NC(=O)CCCl)cc1Cl. The second kappa shape index (κ2) is 7.41. The fraction of sp³-hybridized carbons (Fsp3) is 0.417. The summed E-state index contributed by atoms with van der Waals surface area (Å²) in [5, 5.41) is 3.19. The fourth-order valence-electron chi connectivity index (χ4n) is 1.22. The number of amides is 1. The van der Waals surface area contributed by atoms with E-state index in [1.807, 2.05) is 6.92 Å². The predicted molar refractivity (Wildman–Crippen MR) is 71.2 cm³/mol. The van der Waals surface area contributed by atoms with Crippen LogP contribution in [-0.2, 0) is 4.79 Å². The van der Waals surface area contributed by atoms with E-state index < -0.39 is 0 Å². The molecule has 0 aliphatic rings. The highest BCUT2D eigenvalue weighted by atomic mass is 35.5. The number of ether oxygens (including phenoxy) is 1. The van der Waals surface area contributed by atoms with Crippen molar-refractivity contribution in [3.05, 3.63) is 23.2 Å². The first-order chi connectivity index (χ1) is 8.17. The molecule has 0 aliphatic carbocycles. The van der Waals surface area contributed by atoms with E-state index in [-0.39, 0.29) is 12.3 Å². The van der Waals surface area contributed by atoms with Gasteiger partial charge in [0.2, 0.25) is 5.91 Å². The van der Waals surface area contributed by atoms with Gasteiger partial charge in [0.15, 0.2) is 0 Å². The zero-order valence-corrected chi connectivity index (χ0v) is 11.1. The number of carbonyl (C=O) groups is 1. The smallest absolute Gasteiger partial charge is 0.225 e. The number of alkyl halides is 1.